The minimum atomic E-state index is -0.746. The summed E-state index contributed by atoms with van der Waals surface area (Å²) in [5, 5.41) is 23.4. The lowest BCUT2D eigenvalue weighted by atomic mass is 10.1. The third-order valence-electron chi connectivity index (χ3n) is 2.71. The second-order valence-corrected chi connectivity index (χ2v) is 5.25. The fourth-order valence-electron chi connectivity index (χ4n) is 1.55. The van der Waals surface area contributed by atoms with Gasteiger partial charge in [0.25, 0.3) is 5.91 Å². The van der Waals surface area contributed by atoms with Gasteiger partial charge in [0.15, 0.2) is 5.13 Å². The Balaban J connectivity index is 2.30. The summed E-state index contributed by atoms with van der Waals surface area (Å²) in [6, 6.07) is 3.78. The van der Waals surface area contributed by atoms with Crippen molar-refractivity contribution in [1.29, 1.82) is 0 Å². The van der Waals surface area contributed by atoms with Crippen LogP contribution in [-0.4, -0.2) is 20.9 Å². The van der Waals surface area contributed by atoms with Crippen LogP contribution in [0.3, 0.4) is 0 Å². The van der Waals surface area contributed by atoms with Gasteiger partial charge in [-0.3, -0.25) is 20.2 Å². The number of phenols is 1. The highest BCUT2D eigenvalue weighted by Crippen LogP contribution is 2.30. The van der Waals surface area contributed by atoms with Crippen LogP contribution < -0.4 is 5.32 Å². The van der Waals surface area contributed by atoms with Gasteiger partial charge in [0.1, 0.15) is 0 Å². The van der Waals surface area contributed by atoms with Gasteiger partial charge in [-0.25, -0.2) is 4.98 Å². The molecule has 0 unspecified atom stereocenters. The quantitative estimate of drug-likeness (QED) is 0.668. The van der Waals surface area contributed by atoms with Crippen molar-refractivity contribution in [2.75, 3.05) is 5.32 Å². The Labute approximate surface area is 118 Å². The number of carbonyl (C=O) groups excluding carboxylic acids is 1. The fourth-order valence-corrected chi connectivity index (χ4v) is 2.36. The van der Waals surface area contributed by atoms with Gasteiger partial charge in [-0.05, 0) is 19.9 Å². The van der Waals surface area contributed by atoms with Crippen molar-refractivity contribution in [3.05, 3.63) is 44.4 Å². The molecule has 1 amide bonds. The Bertz CT molecular complexity index is 677. The van der Waals surface area contributed by atoms with Gasteiger partial charge < -0.3 is 5.11 Å². The molecule has 7 nitrogen and oxygen atoms in total. The van der Waals surface area contributed by atoms with Crippen molar-refractivity contribution < 1.29 is 14.8 Å². The SMILES string of the molecule is Cc1nc(NC(=O)c2cccc([N+](=O)[O-])c2O)sc1C. The molecular weight excluding hydrogens is 282 g/mol. The minimum absolute atomic E-state index is 0.162. The van der Waals surface area contributed by atoms with Gasteiger partial charge in [0, 0.05) is 10.9 Å². The number of aromatic hydroxyl groups is 1. The van der Waals surface area contributed by atoms with E-state index in [2.05, 4.69) is 10.3 Å². The molecule has 0 radical (unpaired) electrons. The van der Waals surface area contributed by atoms with E-state index in [1.54, 1.807) is 0 Å². The summed E-state index contributed by atoms with van der Waals surface area (Å²) in [5.41, 5.74) is 0.127. The second-order valence-electron chi connectivity index (χ2n) is 4.05. The smallest absolute Gasteiger partial charge is 0.311 e. The third kappa shape index (κ3) is 2.59. The van der Waals surface area contributed by atoms with Crippen LogP contribution in [0.25, 0.3) is 0 Å². The molecule has 0 saturated carbocycles. The molecule has 0 aliphatic heterocycles. The van der Waals surface area contributed by atoms with Crippen LogP contribution in [0.2, 0.25) is 0 Å². The number of aryl methyl sites for hydroxylation is 2. The largest absolute Gasteiger partial charge is 0.502 e. The molecule has 0 saturated heterocycles. The molecule has 20 heavy (non-hydrogen) atoms. The van der Waals surface area contributed by atoms with E-state index in [-0.39, 0.29) is 5.56 Å². The molecule has 0 aliphatic carbocycles. The number of nitro benzene ring substituents is 1. The second kappa shape index (κ2) is 5.25. The average Bonchev–Trinajstić information content (AvgIpc) is 2.67. The van der Waals surface area contributed by atoms with Crippen molar-refractivity contribution in [2.24, 2.45) is 0 Å². The highest BCUT2D eigenvalue weighted by Gasteiger charge is 2.21. The summed E-state index contributed by atoms with van der Waals surface area (Å²) >= 11 is 1.30. The predicted molar refractivity (Wildman–Crippen MR) is 74.3 cm³/mol. The lowest BCUT2D eigenvalue weighted by Crippen LogP contribution is -2.12. The van der Waals surface area contributed by atoms with Gasteiger partial charge >= 0.3 is 5.69 Å². The summed E-state index contributed by atoms with van der Waals surface area (Å²) in [6.45, 7) is 3.68. The van der Waals surface area contributed by atoms with Crippen molar-refractivity contribution >= 4 is 28.1 Å². The van der Waals surface area contributed by atoms with Crippen LogP contribution in [0, 0.1) is 24.0 Å². The molecule has 8 heteroatoms. The Morgan fingerprint density at radius 2 is 2.15 bits per heavy atom. The van der Waals surface area contributed by atoms with E-state index in [0.29, 0.717) is 5.13 Å². The number of phenolic OH excluding ortho intramolecular Hbond substituents is 1. The molecule has 0 atom stereocenters. The number of hydrogen-bond acceptors (Lipinski definition) is 6. The number of nitrogens with zero attached hydrogens (tertiary/aromatic N) is 2. The monoisotopic (exact) mass is 293 g/mol. The zero-order valence-corrected chi connectivity index (χ0v) is 11.5. The standard InChI is InChI=1S/C12H11N3O4S/c1-6-7(2)20-12(13-6)14-11(17)8-4-3-5-9(10(8)16)15(18)19/h3-5,16H,1-2H3,(H,13,14,17). The zero-order chi connectivity index (χ0) is 14.9. The van der Waals surface area contributed by atoms with Crippen LogP contribution >= 0.6 is 11.3 Å². The van der Waals surface area contributed by atoms with Gasteiger partial charge in [-0.1, -0.05) is 6.07 Å². The van der Waals surface area contributed by atoms with E-state index in [9.17, 15) is 20.0 Å². The first-order chi connectivity index (χ1) is 9.40. The number of nitro groups is 1. The molecule has 1 aromatic carbocycles. The maximum atomic E-state index is 12.0. The molecule has 0 spiro atoms. The Morgan fingerprint density at radius 3 is 2.70 bits per heavy atom. The summed E-state index contributed by atoms with van der Waals surface area (Å²) in [5.74, 6) is -1.29. The van der Waals surface area contributed by atoms with E-state index in [1.165, 1.54) is 23.5 Å². The van der Waals surface area contributed by atoms with Gasteiger partial charge in [0.2, 0.25) is 5.75 Å². The maximum absolute atomic E-state index is 12.0. The molecular formula is C12H11N3O4S. The first-order valence-corrected chi connectivity index (χ1v) is 6.43. The number of anilines is 1. The predicted octanol–water partition coefficient (Wildman–Crippen LogP) is 2.63. The maximum Gasteiger partial charge on any atom is 0.311 e. The molecule has 2 N–H and O–H groups in total. The zero-order valence-electron chi connectivity index (χ0n) is 10.7. The summed E-state index contributed by atoms with van der Waals surface area (Å²) in [4.78, 5) is 27.1. The van der Waals surface area contributed by atoms with Gasteiger partial charge in [-0.15, -0.1) is 11.3 Å². The third-order valence-corrected chi connectivity index (χ3v) is 3.69. The van der Waals surface area contributed by atoms with Gasteiger partial charge in [-0.2, -0.15) is 0 Å². The van der Waals surface area contributed by atoms with E-state index < -0.39 is 22.3 Å². The number of amides is 1. The number of nitrogens with one attached hydrogen (secondary N) is 1. The van der Waals surface area contributed by atoms with Crippen molar-refractivity contribution in [1.82, 2.24) is 4.98 Å². The molecule has 1 aromatic heterocycles. The molecule has 104 valence electrons. The summed E-state index contributed by atoms with van der Waals surface area (Å²) in [7, 11) is 0. The molecule has 0 fully saturated rings. The molecule has 2 aromatic rings. The Morgan fingerprint density at radius 1 is 1.45 bits per heavy atom. The summed E-state index contributed by atoms with van der Waals surface area (Å²) in [6.07, 6.45) is 0. The van der Waals surface area contributed by atoms with Crippen LogP contribution in [0.4, 0.5) is 10.8 Å². The van der Waals surface area contributed by atoms with Crippen LogP contribution in [-0.2, 0) is 0 Å². The Kier molecular flexibility index (Phi) is 3.66. The number of benzene rings is 1. The number of carbonyl (C=O) groups is 1. The summed E-state index contributed by atoms with van der Waals surface area (Å²) < 4.78 is 0. The van der Waals surface area contributed by atoms with Crippen LogP contribution in [0.15, 0.2) is 18.2 Å². The van der Waals surface area contributed by atoms with E-state index in [1.807, 2.05) is 13.8 Å². The number of aromatic nitrogens is 1. The number of hydrogen-bond donors (Lipinski definition) is 2. The molecule has 2 rings (SSSR count). The topological polar surface area (TPSA) is 105 Å². The van der Waals surface area contributed by atoms with Crippen molar-refractivity contribution in [3.63, 3.8) is 0 Å². The van der Waals surface area contributed by atoms with Crippen LogP contribution in [0.5, 0.6) is 5.75 Å². The first kappa shape index (κ1) is 13.9. The Hall–Kier alpha value is -2.48. The fraction of sp³-hybridized carbons (Fsp3) is 0.167. The van der Waals surface area contributed by atoms with Crippen molar-refractivity contribution in [3.8, 4) is 5.75 Å². The number of thiazole rings is 1. The first-order valence-electron chi connectivity index (χ1n) is 5.62. The normalized spacial score (nSPS) is 10.3. The lowest BCUT2D eigenvalue weighted by molar-refractivity contribution is -0.385. The molecule has 0 aliphatic rings. The highest BCUT2D eigenvalue weighted by atomic mass is 32.1. The van der Waals surface area contributed by atoms with Crippen LogP contribution in [0.1, 0.15) is 20.9 Å². The number of rotatable bonds is 3. The van der Waals surface area contributed by atoms with E-state index in [0.717, 1.165) is 16.6 Å². The van der Waals surface area contributed by atoms with Gasteiger partial charge in [0.05, 0.1) is 16.2 Å². The van der Waals surface area contributed by atoms with E-state index >= 15 is 0 Å². The van der Waals surface area contributed by atoms with E-state index in [4.69, 9.17) is 0 Å². The molecule has 0 bridgehead atoms. The molecule has 1 heterocycles. The highest BCUT2D eigenvalue weighted by molar-refractivity contribution is 7.15. The lowest BCUT2D eigenvalue weighted by Gasteiger charge is -2.04. The minimum Gasteiger partial charge on any atom is -0.502 e. The average molecular weight is 293 g/mol. The number of para-hydroxylation sites is 1. The van der Waals surface area contributed by atoms with Crippen molar-refractivity contribution in [2.45, 2.75) is 13.8 Å².